The van der Waals surface area contributed by atoms with Crippen LogP contribution in [0.3, 0.4) is 0 Å². The molecular weight excluding hydrogens is 310 g/mol. The fourth-order valence-electron chi connectivity index (χ4n) is 3.51. The zero-order chi connectivity index (χ0) is 17.4. The highest BCUT2D eigenvalue weighted by molar-refractivity contribution is 5.99. The van der Waals surface area contributed by atoms with Gasteiger partial charge in [0.25, 0.3) is 0 Å². The molecule has 0 spiro atoms. The molecule has 0 saturated heterocycles. The van der Waals surface area contributed by atoms with Crippen LogP contribution in [0.25, 0.3) is 0 Å². The molecule has 1 atom stereocenters. The summed E-state index contributed by atoms with van der Waals surface area (Å²) in [6, 6.07) is 0.170. The van der Waals surface area contributed by atoms with E-state index in [9.17, 15) is 5.11 Å². The Labute approximate surface area is 153 Å². The van der Waals surface area contributed by atoms with Crippen LogP contribution >= 0.6 is 0 Å². The van der Waals surface area contributed by atoms with E-state index in [0.717, 1.165) is 23.7 Å². The third-order valence-electron chi connectivity index (χ3n) is 5.04. The van der Waals surface area contributed by atoms with E-state index in [0.29, 0.717) is 18.4 Å². The van der Waals surface area contributed by atoms with Gasteiger partial charge >= 0.3 is 0 Å². The molecule has 1 heterocycles. The molecule has 0 bridgehead atoms. The summed E-state index contributed by atoms with van der Waals surface area (Å²) in [5, 5.41) is 11.8. The number of ether oxygens (including phenoxy) is 1. The summed E-state index contributed by atoms with van der Waals surface area (Å²) in [6.45, 7) is 4.90. The normalized spacial score (nSPS) is 30.6. The van der Waals surface area contributed by atoms with Crippen molar-refractivity contribution in [3.05, 3.63) is 94.3 Å². The minimum Gasteiger partial charge on any atom is -0.478 e. The van der Waals surface area contributed by atoms with Gasteiger partial charge in [-0.25, -0.2) is 4.99 Å². The highest BCUT2D eigenvalue weighted by atomic mass is 16.5. The van der Waals surface area contributed by atoms with Crippen LogP contribution in [0.1, 0.15) is 13.8 Å². The van der Waals surface area contributed by atoms with Crippen LogP contribution in [0.2, 0.25) is 0 Å². The molecule has 4 rings (SSSR count). The SMILES string of the molecule is CC(C)[C@H]1COC([C]2[CH][CH][CH][C]2C(O)([C]2[CH][CH][CH][CH]2)[C]2[CH][CH][CH][CH]2)=N1. The van der Waals surface area contributed by atoms with Crippen molar-refractivity contribution in [3.8, 4) is 0 Å². The lowest BCUT2D eigenvalue weighted by Gasteiger charge is -2.44. The number of nitrogens with zero attached hydrogens (tertiary/aromatic N) is 1. The number of aliphatic hydroxyl groups is 1. The molecule has 1 N–H and O–H groups in total. The fraction of sp³-hybridized carbons (Fsp3) is 0.273. The van der Waals surface area contributed by atoms with Gasteiger partial charge in [0.05, 0.1) is 17.6 Å². The average molecular weight is 332 g/mol. The largest absolute Gasteiger partial charge is 0.478 e. The molecule has 0 aromatic carbocycles. The second-order valence-corrected chi connectivity index (χ2v) is 6.97. The molecule has 25 heavy (non-hydrogen) atoms. The van der Waals surface area contributed by atoms with Crippen LogP contribution < -0.4 is 0 Å². The summed E-state index contributed by atoms with van der Waals surface area (Å²) in [5.41, 5.74) is -1.21. The van der Waals surface area contributed by atoms with Crippen LogP contribution in [0.15, 0.2) is 4.99 Å². The lowest BCUT2D eigenvalue weighted by Crippen LogP contribution is -2.49. The molecule has 127 valence electrons. The number of rotatable bonds is 5. The number of hydrogen-bond donors (Lipinski definition) is 1. The van der Waals surface area contributed by atoms with Gasteiger partial charge in [-0.05, 0) is 76.5 Å². The lowest BCUT2D eigenvalue weighted by atomic mass is 9.64. The van der Waals surface area contributed by atoms with Gasteiger partial charge in [0.15, 0.2) is 5.90 Å². The summed E-state index contributed by atoms with van der Waals surface area (Å²) in [7, 11) is 0. The molecule has 0 amide bonds. The lowest BCUT2D eigenvalue weighted by molar-refractivity contribution is 0.106. The van der Waals surface area contributed by atoms with Crippen molar-refractivity contribution in [1.29, 1.82) is 0 Å². The van der Waals surface area contributed by atoms with E-state index in [1.807, 2.05) is 70.6 Å². The van der Waals surface area contributed by atoms with Crippen molar-refractivity contribution in [2.75, 3.05) is 6.61 Å². The maximum atomic E-state index is 11.8. The molecule has 0 aromatic rings. The van der Waals surface area contributed by atoms with E-state index in [4.69, 9.17) is 9.73 Å². The summed E-state index contributed by atoms with van der Waals surface area (Å²) in [6.07, 6.45) is 21.5. The van der Waals surface area contributed by atoms with Crippen LogP contribution in [-0.4, -0.2) is 29.3 Å². The molecule has 3 fully saturated rings. The predicted octanol–water partition coefficient (Wildman–Crippen LogP) is 2.76. The summed E-state index contributed by atoms with van der Waals surface area (Å²) in [4.78, 5) is 4.75. The molecule has 0 aromatic heterocycles. The van der Waals surface area contributed by atoms with Crippen molar-refractivity contribution in [1.82, 2.24) is 0 Å². The highest BCUT2D eigenvalue weighted by Crippen LogP contribution is 2.56. The minimum atomic E-state index is -1.21. The van der Waals surface area contributed by atoms with Gasteiger partial charge in [0.1, 0.15) is 6.61 Å². The molecular formula is C22H22NO2. The summed E-state index contributed by atoms with van der Waals surface area (Å²) >= 11 is 0. The predicted molar refractivity (Wildman–Crippen MR) is 97.2 cm³/mol. The second kappa shape index (κ2) is 7.21. The van der Waals surface area contributed by atoms with E-state index < -0.39 is 5.60 Å². The van der Waals surface area contributed by atoms with Crippen LogP contribution in [-0.2, 0) is 4.74 Å². The average Bonchev–Trinajstić information content (AvgIpc) is 3.43. The van der Waals surface area contributed by atoms with Crippen molar-refractivity contribution in [3.63, 3.8) is 0 Å². The molecule has 3 saturated carbocycles. The number of aliphatic imine (C=N–C) groups is 1. The quantitative estimate of drug-likeness (QED) is 0.841. The van der Waals surface area contributed by atoms with Gasteiger partial charge in [-0.15, -0.1) is 0 Å². The molecule has 4 aliphatic rings. The molecule has 3 nitrogen and oxygen atoms in total. The Kier molecular flexibility index (Phi) is 5.14. The maximum Gasteiger partial charge on any atom is 0.192 e. The number of hydrogen-bond acceptors (Lipinski definition) is 3. The van der Waals surface area contributed by atoms with E-state index in [2.05, 4.69) is 13.8 Å². The maximum absolute atomic E-state index is 11.8. The fourth-order valence-corrected chi connectivity index (χ4v) is 3.51. The Morgan fingerprint density at radius 3 is 2.08 bits per heavy atom. The van der Waals surface area contributed by atoms with E-state index in [1.54, 1.807) is 0 Å². The van der Waals surface area contributed by atoms with Crippen LogP contribution in [0.4, 0.5) is 0 Å². The Hall–Kier alpha value is -0.570. The van der Waals surface area contributed by atoms with Gasteiger partial charge in [0.2, 0.25) is 0 Å². The molecule has 1 aliphatic heterocycles. The summed E-state index contributed by atoms with van der Waals surface area (Å²) < 4.78 is 5.88. The Bertz CT molecular complexity index is 472. The third-order valence-corrected chi connectivity index (χ3v) is 5.04. The van der Waals surface area contributed by atoms with E-state index in [-0.39, 0.29) is 6.04 Å². The monoisotopic (exact) mass is 332 g/mol. The molecule has 0 unspecified atom stereocenters. The summed E-state index contributed by atoms with van der Waals surface area (Å²) in [5.74, 6) is 4.45. The Morgan fingerprint density at radius 2 is 1.56 bits per heavy atom. The van der Waals surface area contributed by atoms with Crippen LogP contribution in [0.5, 0.6) is 0 Å². The zero-order valence-electron chi connectivity index (χ0n) is 14.5. The standard InChI is InChI=1S/C22H22NO2/c1-15(2)20-14-25-21(23-20)18-12-7-13-19(18)22(24,16-8-3-4-9-16)17-10-5-6-11-17/h3-13,15,20,24H,14H2,1-2H3/t20-/m1/s1. The van der Waals surface area contributed by atoms with Crippen molar-refractivity contribution in [2.24, 2.45) is 10.9 Å². The molecule has 15 radical (unpaired) electrons. The van der Waals surface area contributed by atoms with Crippen molar-refractivity contribution < 1.29 is 9.84 Å². The van der Waals surface area contributed by atoms with Crippen LogP contribution in [0, 0.1) is 100 Å². The van der Waals surface area contributed by atoms with E-state index in [1.165, 1.54) is 0 Å². The van der Waals surface area contributed by atoms with Gasteiger partial charge in [-0.1, -0.05) is 13.8 Å². The van der Waals surface area contributed by atoms with Gasteiger partial charge in [-0.3, -0.25) is 0 Å². The molecule has 3 aliphatic carbocycles. The van der Waals surface area contributed by atoms with Crippen molar-refractivity contribution >= 4 is 5.90 Å². The van der Waals surface area contributed by atoms with Gasteiger partial charge in [0, 0.05) is 17.8 Å². The second-order valence-electron chi connectivity index (χ2n) is 6.97. The topological polar surface area (TPSA) is 41.8 Å². The first-order valence-electron chi connectivity index (χ1n) is 8.74. The van der Waals surface area contributed by atoms with E-state index >= 15 is 0 Å². The first kappa shape index (κ1) is 17.8. The molecule has 3 heteroatoms. The highest BCUT2D eigenvalue weighted by Gasteiger charge is 2.57. The van der Waals surface area contributed by atoms with Gasteiger partial charge in [-0.2, -0.15) is 0 Å². The zero-order valence-corrected chi connectivity index (χ0v) is 14.5. The smallest absolute Gasteiger partial charge is 0.192 e. The van der Waals surface area contributed by atoms with Crippen molar-refractivity contribution in [2.45, 2.75) is 25.5 Å². The van der Waals surface area contributed by atoms with Gasteiger partial charge < -0.3 is 9.84 Å². The first-order valence-corrected chi connectivity index (χ1v) is 8.74. The minimum absolute atomic E-state index is 0.170. The third kappa shape index (κ3) is 3.15. The first-order chi connectivity index (χ1) is 12.1. The Morgan fingerprint density at radius 1 is 0.960 bits per heavy atom. The Balaban J connectivity index is 1.60.